The number of esters is 2. The Kier molecular flexibility index (Phi) is 38.7. The zero-order chi connectivity index (χ0) is 39.6. The van der Waals surface area contributed by atoms with Crippen LogP contribution in [0.15, 0.2) is 61.3 Å². The van der Waals surface area contributed by atoms with E-state index in [9.17, 15) is 14.2 Å². The van der Waals surface area contributed by atoms with Gasteiger partial charge in [0.1, 0.15) is 6.61 Å². The van der Waals surface area contributed by atoms with E-state index in [-0.39, 0.29) is 19.4 Å². The SMILES string of the molecule is C=CCCCCCCCCCCCCCCCC(=O)OC[C@H](COP(=O)(O)O)OC(=O)CCC/C=C/C/C=C/C/C=C/C/C=C/CCCCCCCCC. The molecule has 0 aliphatic heterocycles. The van der Waals surface area contributed by atoms with Gasteiger partial charge in [-0.2, -0.15) is 0 Å². The van der Waals surface area contributed by atoms with Gasteiger partial charge in [-0.05, 0) is 64.2 Å². The molecule has 312 valence electrons. The summed E-state index contributed by atoms with van der Waals surface area (Å²) in [4.78, 5) is 42.8. The lowest BCUT2D eigenvalue weighted by Crippen LogP contribution is -2.29. The first-order valence-corrected chi connectivity index (χ1v) is 23.1. The second-order valence-corrected chi connectivity index (χ2v) is 15.6. The van der Waals surface area contributed by atoms with Gasteiger partial charge in [0.2, 0.25) is 0 Å². The average molecular weight is 779 g/mol. The highest BCUT2D eigenvalue weighted by atomic mass is 31.2. The van der Waals surface area contributed by atoms with Crippen molar-refractivity contribution in [2.45, 2.75) is 199 Å². The van der Waals surface area contributed by atoms with Gasteiger partial charge in [0, 0.05) is 12.8 Å². The highest BCUT2D eigenvalue weighted by Crippen LogP contribution is 2.36. The maximum absolute atomic E-state index is 12.4. The van der Waals surface area contributed by atoms with Crippen LogP contribution < -0.4 is 0 Å². The molecule has 0 heterocycles. The number of phosphoric ester groups is 1. The molecule has 0 fully saturated rings. The monoisotopic (exact) mass is 779 g/mol. The first-order chi connectivity index (χ1) is 26.3. The van der Waals surface area contributed by atoms with Gasteiger partial charge in [-0.15, -0.1) is 6.58 Å². The number of carbonyl (C=O) groups is 2. The fraction of sp³-hybridized carbons (Fsp3) is 0.733. The van der Waals surface area contributed by atoms with Gasteiger partial charge in [0.15, 0.2) is 6.10 Å². The van der Waals surface area contributed by atoms with Crippen molar-refractivity contribution in [1.29, 1.82) is 0 Å². The molecule has 0 aromatic carbocycles. The first kappa shape index (κ1) is 51.8. The quantitative estimate of drug-likeness (QED) is 0.0273. The van der Waals surface area contributed by atoms with Gasteiger partial charge in [0.25, 0.3) is 0 Å². The Bertz CT molecular complexity index is 1040. The molecule has 0 aliphatic carbocycles. The number of allylic oxidation sites excluding steroid dienone is 9. The van der Waals surface area contributed by atoms with Gasteiger partial charge in [0.05, 0.1) is 6.61 Å². The number of phosphoric acid groups is 1. The van der Waals surface area contributed by atoms with Crippen molar-refractivity contribution in [3.05, 3.63) is 61.3 Å². The number of hydrogen-bond donors (Lipinski definition) is 2. The van der Waals surface area contributed by atoms with Crippen LogP contribution in [0.25, 0.3) is 0 Å². The van der Waals surface area contributed by atoms with Crippen LogP contribution in [0.1, 0.15) is 193 Å². The predicted octanol–water partition coefficient (Wildman–Crippen LogP) is 13.3. The number of unbranched alkanes of at least 4 members (excludes halogenated alkanes) is 21. The van der Waals surface area contributed by atoms with Crippen LogP contribution in [0.5, 0.6) is 0 Å². The maximum Gasteiger partial charge on any atom is 0.469 e. The number of rotatable bonds is 40. The van der Waals surface area contributed by atoms with Crippen LogP contribution in [0.4, 0.5) is 0 Å². The molecule has 0 saturated heterocycles. The standard InChI is InChI=1S/C45H79O8P/c1-3-5-7-9-11-13-15-17-19-20-21-22-23-24-26-28-30-32-34-36-38-40-45(47)53-43(42-52-54(48,49)50)41-51-44(46)39-37-35-33-31-29-27-25-18-16-14-12-10-8-6-4-2/h4,19-20,22-23,26,28,32,34,43H,2-3,5-18,21,24-25,27,29-31,33,35-42H2,1H3,(H2,48,49,50)/b20-19+,23-22+,28-26+,34-32+/t43-/m1/s1. The van der Waals surface area contributed by atoms with E-state index < -0.39 is 32.5 Å². The Morgan fingerprint density at radius 3 is 1.43 bits per heavy atom. The van der Waals surface area contributed by atoms with Crippen LogP contribution in [-0.4, -0.2) is 41.0 Å². The van der Waals surface area contributed by atoms with E-state index in [4.69, 9.17) is 19.3 Å². The van der Waals surface area contributed by atoms with Crippen molar-refractivity contribution >= 4 is 19.8 Å². The summed E-state index contributed by atoms with van der Waals surface area (Å²) < 4.78 is 26.3. The Morgan fingerprint density at radius 2 is 0.944 bits per heavy atom. The molecular weight excluding hydrogens is 699 g/mol. The smallest absolute Gasteiger partial charge is 0.462 e. The summed E-state index contributed by atoms with van der Waals surface area (Å²) in [6.45, 7) is 5.16. The lowest BCUT2D eigenvalue weighted by atomic mass is 10.0. The molecule has 8 nitrogen and oxygen atoms in total. The van der Waals surface area contributed by atoms with Gasteiger partial charge < -0.3 is 19.3 Å². The zero-order valence-electron chi connectivity index (χ0n) is 34.2. The highest BCUT2D eigenvalue weighted by molar-refractivity contribution is 7.46. The lowest BCUT2D eigenvalue weighted by molar-refractivity contribution is -0.161. The van der Waals surface area contributed by atoms with Crippen LogP contribution >= 0.6 is 7.82 Å². The predicted molar refractivity (Wildman–Crippen MR) is 225 cm³/mol. The summed E-state index contributed by atoms with van der Waals surface area (Å²) in [5.74, 6) is -0.953. The normalized spacial score (nSPS) is 12.8. The number of carbonyl (C=O) groups excluding carboxylic acids is 2. The fourth-order valence-corrected chi connectivity index (χ4v) is 6.29. The molecule has 0 spiro atoms. The van der Waals surface area contributed by atoms with Crippen molar-refractivity contribution < 1.29 is 37.9 Å². The van der Waals surface area contributed by atoms with Crippen molar-refractivity contribution in [2.75, 3.05) is 13.2 Å². The Labute approximate surface area is 330 Å². The number of ether oxygens (including phenoxy) is 2. The summed E-state index contributed by atoms with van der Waals surface area (Å²) in [6.07, 6.45) is 49.9. The van der Waals surface area contributed by atoms with E-state index in [1.165, 1.54) is 109 Å². The minimum Gasteiger partial charge on any atom is -0.462 e. The van der Waals surface area contributed by atoms with E-state index in [1.54, 1.807) is 0 Å². The third kappa shape index (κ3) is 42.5. The van der Waals surface area contributed by atoms with E-state index in [1.807, 2.05) is 12.2 Å². The molecule has 0 amide bonds. The van der Waals surface area contributed by atoms with Gasteiger partial charge in [-0.25, -0.2) is 4.57 Å². The molecule has 54 heavy (non-hydrogen) atoms. The maximum atomic E-state index is 12.4. The van der Waals surface area contributed by atoms with Crippen LogP contribution in [0, 0.1) is 0 Å². The van der Waals surface area contributed by atoms with Crippen molar-refractivity contribution in [2.24, 2.45) is 0 Å². The van der Waals surface area contributed by atoms with E-state index in [0.29, 0.717) is 19.3 Å². The van der Waals surface area contributed by atoms with Crippen molar-refractivity contribution in [3.63, 3.8) is 0 Å². The molecule has 2 N–H and O–H groups in total. The van der Waals surface area contributed by atoms with E-state index in [2.05, 4.69) is 60.6 Å². The molecule has 0 aromatic rings. The molecular formula is C45H79O8P. The summed E-state index contributed by atoms with van der Waals surface area (Å²) in [7, 11) is -4.77. The molecule has 1 atom stereocenters. The zero-order valence-corrected chi connectivity index (χ0v) is 35.1. The largest absolute Gasteiger partial charge is 0.469 e. The molecule has 0 rings (SSSR count). The van der Waals surface area contributed by atoms with Crippen LogP contribution in [-0.2, 0) is 28.2 Å². The Morgan fingerprint density at radius 1 is 0.537 bits per heavy atom. The van der Waals surface area contributed by atoms with Crippen LogP contribution in [0.2, 0.25) is 0 Å². The van der Waals surface area contributed by atoms with Gasteiger partial charge in [-0.3, -0.25) is 14.1 Å². The summed E-state index contributed by atoms with van der Waals surface area (Å²) in [6, 6.07) is 0. The second kappa shape index (κ2) is 40.4. The first-order valence-electron chi connectivity index (χ1n) is 21.5. The topological polar surface area (TPSA) is 119 Å². The van der Waals surface area contributed by atoms with Crippen molar-refractivity contribution in [3.8, 4) is 0 Å². The molecule has 0 saturated carbocycles. The minimum absolute atomic E-state index is 0.134. The Hall–Kier alpha value is -2.25. The second-order valence-electron chi connectivity index (χ2n) is 14.4. The fourth-order valence-electron chi connectivity index (χ4n) is 5.93. The molecule has 0 aromatic heterocycles. The van der Waals surface area contributed by atoms with E-state index >= 15 is 0 Å². The van der Waals surface area contributed by atoms with E-state index in [0.717, 1.165) is 44.9 Å². The third-order valence-corrected chi connectivity index (χ3v) is 9.64. The lowest BCUT2D eigenvalue weighted by Gasteiger charge is -2.18. The summed E-state index contributed by atoms with van der Waals surface area (Å²) >= 11 is 0. The summed E-state index contributed by atoms with van der Waals surface area (Å²) in [5, 5.41) is 0. The molecule has 0 radical (unpaired) electrons. The highest BCUT2D eigenvalue weighted by Gasteiger charge is 2.22. The average Bonchev–Trinajstić information content (AvgIpc) is 3.14. The molecule has 0 aliphatic rings. The third-order valence-electron chi connectivity index (χ3n) is 9.16. The minimum atomic E-state index is -4.77. The molecule has 0 unspecified atom stereocenters. The summed E-state index contributed by atoms with van der Waals surface area (Å²) in [5.41, 5.74) is 0. The van der Waals surface area contributed by atoms with Gasteiger partial charge >= 0.3 is 19.8 Å². The van der Waals surface area contributed by atoms with Gasteiger partial charge in [-0.1, -0.05) is 171 Å². The van der Waals surface area contributed by atoms with Crippen molar-refractivity contribution in [1.82, 2.24) is 0 Å². The molecule has 0 bridgehead atoms. The Balaban J connectivity index is 4.00. The number of hydrogen-bond acceptors (Lipinski definition) is 6. The molecule has 9 heteroatoms. The van der Waals surface area contributed by atoms with Crippen LogP contribution in [0.3, 0.4) is 0 Å².